The number of carbonyl (C=O) groups is 2. The SMILES string of the molecule is COc1ccc(N(CC(=O)N(Cc2ccc(F)cc2)[C@@H](Cc2ccccc2)C(=O)NC2CCCC2)S(=O)(=O)c2ccc(C)cc2)cc1. The van der Waals surface area contributed by atoms with Crippen LogP contribution in [0.25, 0.3) is 0 Å². The number of nitrogens with one attached hydrogen (secondary N) is 1. The number of hydrogen-bond donors (Lipinski definition) is 1. The van der Waals surface area contributed by atoms with Crippen LogP contribution in [0.2, 0.25) is 0 Å². The summed E-state index contributed by atoms with van der Waals surface area (Å²) in [6.45, 7) is 1.25. The molecular weight excluding hydrogens is 617 g/mol. The largest absolute Gasteiger partial charge is 0.497 e. The molecule has 1 aliphatic rings. The molecule has 2 amide bonds. The monoisotopic (exact) mass is 657 g/mol. The van der Waals surface area contributed by atoms with Crippen LogP contribution in [0.4, 0.5) is 10.1 Å². The molecule has 0 aromatic heterocycles. The van der Waals surface area contributed by atoms with Crippen LogP contribution < -0.4 is 14.4 Å². The van der Waals surface area contributed by atoms with Crippen molar-refractivity contribution < 1.29 is 27.1 Å². The van der Waals surface area contributed by atoms with Crippen molar-refractivity contribution in [2.45, 2.75) is 62.6 Å². The zero-order valence-electron chi connectivity index (χ0n) is 26.6. The molecule has 1 aliphatic carbocycles. The Morgan fingerprint density at radius 1 is 0.872 bits per heavy atom. The van der Waals surface area contributed by atoms with Gasteiger partial charge in [-0.15, -0.1) is 0 Å². The van der Waals surface area contributed by atoms with E-state index >= 15 is 0 Å². The van der Waals surface area contributed by atoms with E-state index in [4.69, 9.17) is 4.74 Å². The molecule has 1 saturated carbocycles. The smallest absolute Gasteiger partial charge is 0.264 e. The lowest BCUT2D eigenvalue weighted by Gasteiger charge is -2.34. The maximum atomic E-state index is 14.6. The van der Waals surface area contributed by atoms with Gasteiger partial charge in [-0.2, -0.15) is 0 Å². The number of sulfonamides is 1. The molecule has 8 nitrogen and oxygen atoms in total. The zero-order chi connectivity index (χ0) is 33.4. The highest BCUT2D eigenvalue weighted by Gasteiger charge is 2.35. The van der Waals surface area contributed by atoms with Crippen molar-refractivity contribution in [1.82, 2.24) is 10.2 Å². The van der Waals surface area contributed by atoms with E-state index < -0.39 is 34.3 Å². The Hall–Kier alpha value is -4.70. The van der Waals surface area contributed by atoms with Gasteiger partial charge >= 0.3 is 0 Å². The van der Waals surface area contributed by atoms with Crippen LogP contribution in [-0.4, -0.2) is 50.9 Å². The average molecular weight is 658 g/mol. The van der Waals surface area contributed by atoms with E-state index in [1.54, 1.807) is 48.5 Å². The normalized spacial score (nSPS) is 13.9. The Balaban J connectivity index is 1.56. The lowest BCUT2D eigenvalue weighted by molar-refractivity contribution is -0.140. The molecule has 1 fully saturated rings. The summed E-state index contributed by atoms with van der Waals surface area (Å²) in [5, 5.41) is 3.15. The third kappa shape index (κ3) is 8.56. The summed E-state index contributed by atoms with van der Waals surface area (Å²) < 4.78 is 48.6. The first-order chi connectivity index (χ1) is 22.6. The number of anilines is 1. The van der Waals surface area contributed by atoms with Crippen molar-refractivity contribution in [3.05, 3.63) is 126 Å². The minimum Gasteiger partial charge on any atom is -0.497 e. The van der Waals surface area contributed by atoms with Gasteiger partial charge in [-0.3, -0.25) is 13.9 Å². The van der Waals surface area contributed by atoms with E-state index in [9.17, 15) is 22.4 Å². The topological polar surface area (TPSA) is 96.0 Å². The van der Waals surface area contributed by atoms with Gasteiger partial charge in [-0.25, -0.2) is 12.8 Å². The molecule has 0 saturated heterocycles. The first-order valence-electron chi connectivity index (χ1n) is 15.8. The molecular formula is C37H40FN3O5S. The number of methoxy groups -OCH3 is 1. The van der Waals surface area contributed by atoms with Crippen molar-refractivity contribution in [2.24, 2.45) is 0 Å². The number of halogens is 1. The van der Waals surface area contributed by atoms with Gasteiger partial charge < -0.3 is 15.0 Å². The highest BCUT2D eigenvalue weighted by Crippen LogP contribution is 2.27. The number of hydrogen-bond acceptors (Lipinski definition) is 5. The number of aryl methyl sites for hydroxylation is 1. The van der Waals surface area contributed by atoms with E-state index in [1.165, 1.54) is 36.3 Å². The highest BCUT2D eigenvalue weighted by molar-refractivity contribution is 7.92. The minimum atomic E-state index is -4.23. The van der Waals surface area contributed by atoms with Crippen molar-refractivity contribution >= 4 is 27.5 Å². The van der Waals surface area contributed by atoms with Crippen LogP contribution in [0.1, 0.15) is 42.4 Å². The van der Waals surface area contributed by atoms with E-state index in [-0.39, 0.29) is 35.5 Å². The molecule has 0 unspecified atom stereocenters. The standard InChI is InChI=1S/C37H40FN3O5S/c1-27-12-22-34(23-13-27)47(44,45)41(32-18-20-33(46-2)21-19-32)26-36(42)40(25-29-14-16-30(38)17-15-29)35(24-28-8-4-3-5-9-28)37(43)39-31-10-6-7-11-31/h3-5,8-9,12-23,31,35H,6-7,10-11,24-26H2,1-2H3,(H,39,43)/t35-/m0/s1. The number of carbonyl (C=O) groups excluding carboxylic acids is 2. The summed E-state index contributed by atoms with van der Waals surface area (Å²) in [6.07, 6.45) is 3.95. The summed E-state index contributed by atoms with van der Waals surface area (Å²) in [5.41, 5.74) is 2.59. The Kier molecular flexibility index (Phi) is 10.9. The zero-order valence-corrected chi connectivity index (χ0v) is 27.5. The molecule has 0 spiro atoms. The molecule has 0 aliphatic heterocycles. The molecule has 1 atom stereocenters. The van der Waals surface area contributed by atoms with Crippen LogP contribution in [-0.2, 0) is 32.6 Å². The molecule has 0 radical (unpaired) electrons. The molecule has 0 bridgehead atoms. The number of amides is 2. The first-order valence-corrected chi connectivity index (χ1v) is 17.2. The molecule has 10 heteroatoms. The minimum absolute atomic E-state index is 0.00117. The summed E-state index contributed by atoms with van der Waals surface area (Å²) >= 11 is 0. The Bertz CT molecular complexity index is 1740. The quantitative estimate of drug-likeness (QED) is 0.189. The predicted octanol–water partition coefficient (Wildman–Crippen LogP) is 6.04. The average Bonchev–Trinajstić information content (AvgIpc) is 3.59. The molecule has 1 N–H and O–H groups in total. The second kappa shape index (κ2) is 15.3. The number of nitrogens with zero attached hydrogens (tertiary/aromatic N) is 2. The third-order valence-corrected chi connectivity index (χ3v) is 10.3. The Morgan fingerprint density at radius 3 is 2.13 bits per heavy atom. The third-order valence-electron chi connectivity index (χ3n) is 8.49. The summed E-state index contributed by atoms with van der Waals surface area (Å²) in [6, 6.07) is 27.0. The van der Waals surface area contributed by atoms with Crippen molar-refractivity contribution in [3.63, 3.8) is 0 Å². The predicted molar refractivity (Wildman–Crippen MR) is 180 cm³/mol. The van der Waals surface area contributed by atoms with Crippen LogP contribution in [0, 0.1) is 12.7 Å². The molecule has 5 rings (SSSR count). The first kappa shape index (κ1) is 33.7. The van der Waals surface area contributed by atoms with E-state index in [2.05, 4.69) is 5.32 Å². The lowest BCUT2D eigenvalue weighted by Crippen LogP contribution is -2.54. The molecule has 47 heavy (non-hydrogen) atoms. The maximum absolute atomic E-state index is 14.6. The second-order valence-electron chi connectivity index (χ2n) is 11.9. The van der Waals surface area contributed by atoms with Gasteiger partial charge in [0.25, 0.3) is 10.0 Å². The van der Waals surface area contributed by atoms with E-state index in [0.29, 0.717) is 11.3 Å². The Morgan fingerprint density at radius 2 is 1.51 bits per heavy atom. The fourth-order valence-corrected chi connectivity index (χ4v) is 7.24. The van der Waals surface area contributed by atoms with Crippen LogP contribution in [0.5, 0.6) is 5.75 Å². The van der Waals surface area contributed by atoms with Crippen LogP contribution in [0.15, 0.2) is 108 Å². The van der Waals surface area contributed by atoms with E-state index in [1.807, 2.05) is 37.3 Å². The van der Waals surface area contributed by atoms with Crippen LogP contribution in [0.3, 0.4) is 0 Å². The van der Waals surface area contributed by atoms with Gasteiger partial charge in [-0.05, 0) is 79.4 Å². The maximum Gasteiger partial charge on any atom is 0.264 e. The number of ether oxygens (including phenoxy) is 1. The molecule has 246 valence electrons. The van der Waals surface area contributed by atoms with Crippen LogP contribution >= 0.6 is 0 Å². The summed E-state index contributed by atoms with van der Waals surface area (Å²) in [4.78, 5) is 30.1. The molecule has 4 aromatic carbocycles. The van der Waals surface area contributed by atoms with Gasteiger partial charge in [0.05, 0.1) is 17.7 Å². The lowest BCUT2D eigenvalue weighted by atomic mass is 10.0. The van der Waals surface area contributed by atoms with Gasteiger partial charge in [0.15, 0.2) is 0 Å². The van der Waals surface area contributed by atoms with E-state index in [0.717, 1.165) is 41.1 Å². The van der Waals surface area contributed by atoms with Crippen molar-refractivity contribution in [2.75, 3.05) is 18.0 Å². The Labute approximate surface area is 276 Å². The van der Waals surface area contributed by atoms with Crippen molar-refractivity contribution in [1.29, 1.82) is 0 Å². The van der Waals surface area contributed by atoms with Gasteiger partial charge in [0.2, 0.25) is 11.8 Å². The fraction of sp³-hybridized carbons (Fsp3) is 0.297. The van der Waals surface area contributed by atoms with Gasteiger partial charge in [-0.1, -0.05) is 73.0 Å². The van der Waals surface area contributed by atoms with Gasteiger partial charge in [0.1, 0.15) is 24.2 Å². The summed E-state index contributed by atoms with van der Waals surface area (Å²) in [5.74, 6) is -0.796. The van der Waals surface area contributed by atoms with Crippen molar-refractivity contribution in [3.8, 4) is 5.75 Å². The highest BCUT2D eigenvalue weighted by atomic mass is 32.2. The molecule has 4 aromatic rings. The summed E-state index contributed by atoms with van der Waals surface area (Å²) in [7, 11) is -2.72. The second-order valence-corrected chi connectivity index (χ2v) is 13.7. The van der Waals surface area contributed by atoms with Gasteiger partial charge in [0, 0.05) is 19.0 Å². The number of rotatable bonds is 13. The molecule has 0 heterocycles. The number of benzene rings is 4. The fourth-order valence-electron chi connectivity index (χ4n) is 5.82.